The van der Waals surface area contributed by atoms with Gasteiger partial charge in [0.1, 0.15) is 0 Å². The third-order valence-electron chi connectivity index (χ3n) is 3.57. The third-order valence-corrected chi connectivity index (χ3v) is 3.57. The van der Waals surface area contributed by atoms with E-state index in [4.69, 9.17) is 4.74 Å². The monoisotopic (exact) mass is 326 g/mol. The zero-order valence-corrected chi connectivity index (χ0v) is 13.0. The fourth-order valence-corrected chi connectivity index (χ4v) is 2.28. The van der Waals surface area contributed by atoms with Gasteiger partial charge in [-0.05, 0) is 36.6 Å². The van der Waals surface area contributed by atoms with Crippen LogP contribution in [-0.2, 0) is 17.3 Å². The number of alkyl halides is 2. The molecule has 0 aliphatic heterocycles. The molecule has 2 rings (SSSR count). The Labute approximate surface area is 132 Å². The van der Waals surface area contributed by atoms with E-state index < -0.39 is 23.8 Å². The van der Waals surface area contributed by atoms with Gasteiger partial charge >= 0.3 is 6.11 Å². The minimum Gasteiger partial charge on any atom is -0.309 e. The number of hydrogen-bond acceptors (Lipinski definition) is 1. The maximum atomic E-state index is 14.2. The van der Waals surface area contributed by atoms with Crippen LogP contribution in [0.25, 0.3) is 0 Å². The van der Waals surface area contributed by atoms with Crippen LogP contribution in [0.3, 0.4) is 0 Å². The first-order valence-electron chi connectivity index (χ1n) is 7.43. The van der Waals surface area contributed by atoms with Crippen molar-refractivity contribution in [1.82, 2.24) is 0 Å². The summed E-state index contributed by atoms with van der Waals surface area (Å²) in [7, 11) is 0. The number of halogens is 4. The molecule has 1 atom stereocenters. The number of ether oxygens (including phenoxy) is 1. The van der Waals surface area contributed by atoms with Gasteiger partial charge in [-0.25, -0.2) is 8.78 Å². The summed E-state index contributed by atoms with van der Waals surface area (Å²) < 4.78 is 59.3. The predicted molar refractivity (Wildman–Crippen MR) is 80.2 cm³/mol. The Kier molecular flexibility index (Phi) is 5.42. The summed E-state index contributed by atoms with van der Waals surface area (Å²) in [5.41, 5.74) is 0.846. The summed E-state index contributed by atoms with van der Waals surface area (Å²) in [6, 6.07) is 8.90. The molecule has 0 heterocycles. The van der Waals surface area contributed by atoms with Crippen LogP contribution in [0, 0.1) is 11.6 Å². The molecule has 0 saturated heterocycles. The minimum atomic E-state index is -3.52. The van der Waals surface area contributed by atoms with Crippen LogP contribution in [-0.4, -0.2) is 0 Å². The van der Waals surface area contributed by atoms with E-state index in [1.807, 2.05) is 6.92 Å². The fraction of sp³-hybridized carbons (Fsp3) is 0.333. The normalized spacial score (nSPS) is 13.1. The number of aryl methyl sites for hydroxylation is 1. The van der Waals surface area contributed by atoms with Crippen molar-refractivity contribution in [1.29, 1.82) is 0 Å². The number of rotatable bonds is 6. The Balaban J connectivity index is 2.14. The van der Waals surface area contributed by atoms with Crippen molar-refractivity contribution in [3.8, 4) is 0 Å². The molecule has 0 aromatic heterocycles. The Morgan fingerprint density at radius 2 is 1.65 bits per heavy atom. The second-order valence-corrected chi connectivity index (χ2v) is 5.40. The minimum absolute atomic E-state index is 0.145. The smallest absolute Gasteiger partial charge is 0.309 e. The molecular formula is C18H18F4O. The van der Waals surface area contributed by atoms with E-state index in [-0.39, 0.29) is 11.1 Å². The summed E-state index contributed by atoms with van der Waals surface area (Å²) in [5, 5.41) is 0. The Hall–Kier alpha value is -1.88. The van der Waals surface area contributed by atoms with Gasteiger partial charge in [0.2, 0.25) is 0 Å². The van der Waals surface area contributed by atoms with Gasteiger partial charge in [-0.2, -0.15) is 8.78 Å². The second kappa shape index (κ2) is 7.13. The topological polar surface area (TPSA) is 9.23 Å². The Morgan fingerprint density at radius 1 is 1.00 bits per heavy atom. The molecule has 0 amide bonds. The molecule has 0 N–H and O–H groups in total. The van der Waals surface area contributed by atoms with Gasteiger partial charge < -0.3 is 4.74 Å². The molecule has 5 heteroatoms. The summed E-state index contributed by atoms with van der Waals surface area (Å²) in [6.07, 6.45) is -2.86. The van der Waals surface area contributed by atoms with Crippen molar-refractivity contribution in [2.75, 3.05) is 0 Å². The van der Waals surface area contributed by atoms with Crippen LogP contribution in [0.2, 0.25) is 0 Å². The second-order valence-electron chi connectivity index (χ2n) is 5.40. The SMILES string of the molecule is CCCc1ccc(C(F)(F)OC(C)c2ccc(F)c(F)c2)cc1. The molecule has 0 spiro atoms. The standard InChI is InChI=1S/C18H18F4O/c1-3-4-13-5-8-15(9-6-13)18(21,22)23-12(2)14-7-10-16(19)17(20)11-14/h5-12H,3-4H2,1-2H3. The zero-order chi connectivity index (χ0) is 17.0. The van der Waals surface area contributed by atoms with E-state index in [0.717, 1.165) is 30.5 Å². The molecule has 1 unspecified atom stereocenters. The average molecular weight is 326 g/mol. The van der Waals surface area contributed by atoms with Gasteiger partial charge in [-0.3, -0.25) is 0 Å². The van der Waals surface area contributed by atoms with Gasteiger partial charge in [0.15, 0.2) is 11.6 Å². The maximum absolute atomic E-state index is 14.2. The predicted octanol–water partition coefficient (Wildman–Crippen LogP) is 5.74. The van der Waals surface area contributed by atoms with Crippen molar-refractivity contribution in [3.05, 3.63) is 70.8 Å². The van der Waals surface area contributed by atoms with Gasteiger partial charge in [-0.1, -0.05) is 43.7 Å². The lowest BCUT2D eigenvalue weighted by atomic mass is 10.1. The molecule has 0 bridgehead atoms. The van der Waals surface area contributed by atoms with Crippen molar-refractivity contribution >= 4 is 0 Å². The summed E-state index contributed by atoms with van der Waals surface area (Å²) in [4.78, 5) is 0. The molecule has 0 radical (unpaired) electrons. The lowest BCUT2D eigenvalue weighted by Gasteiger charge is -2.22. The lowest BCUT2D eigenvalue weighted by Crippen LogP contribution is -2.20. The molecule has 0 aliphatic rings. The van der Waals surface area contributed by atoms with Crippen molar-refractivity contribution in [2.45, 2.75) is 38.9 Å². The highest BCUT2D eigenvalue weighted by molar-refractivity contribution is 5.25. The van der Waals surface area contributed by atoms with E-state index in [1.54, 1.807) is 12.1 Å². The average Bonchev–Trinajstić information content (AvgIpc) is 2.50. The molecule has 0 saturated carbocycles. The first-order chi connectivity index (χ1) is 10.8. The van der Waals surface area contributed by atoms with Crippen LogP contribution >= 0.6 is 0 Å². The van der Waals surface area contributed by atoms with E-state index in [2.05, 4.69) is 0 Å². The molecule has 2 aromatic carbocycles. The highest BCUT2D eigenvalue weighted by Gasteiger charge is 2.35. The van der Waals surface area contributed by atoms with E-state index >= 15 is 0 Å². The zero-order valence-electron chi connectivity index (χ0n) is 13.0. The van der Waals surface area contributed by atoms with Crippen LogP contribution < -0.4 is 0 Å². The van der Waals surface area contributed by atoms with Gasteiger partial charge in [-0.15, -0.1) is 0 Å². The molecule has 1 nitrogen and oxygen atoms in total. The quantitative estimate of drug-likeness (QED) is 0.615. The molecule has 0 aliphatic carbocycles. The summed E-state index contributed by atoms with van der Waals surface area (Å²) in [5.74, 6) is -2.12. The lowest BCUT2D eigenvalue weighted by molar-refractivity contribution is -0.272. The highest BCUT2D eigenvalue weighted by atomic mass is 19.3. The van der Waals surface area contributed by atoms with Crippen molar-refractivity contribution in [3.63, 3.8) is 0 Å². The van der Waals surface area contributed by atoms with Crippen LogP contribution in [0.5, 0.6) is 0 Å². The van der Waals surface area contributed by atoms with Gasteiger partial charge in [0, 0.05) is 0 Å². The first kappa shape index (κ1) is 17.5. The van der Waals surface area contributed by atoms with E-state index in [0.29, 0.717) is 0 Å². The summed E-state index contributed by atoms with van der Waals surface area (Å²) in [6.45, 7) is 3.38. The summed E-state index contributed by atoms with van der Waals surface area (Å²) >= 11 is 0. The van der Waals surface area contributed by atoms with E-state index in [1.165, 1.54) is 25.1 Å². The molecular weight excluding hydrogens is 308 g/mol. The van der Waals surface area contributed by atoms with Crippen LogP contribution in [0.4, 0.5) is 17.6 Å². The number of hydrogen-bond donors (Lipinski definition) is 0. The van der Waals surface area contributed by atoms with Crippen LogP contribution in [0.15, 0.2) is 42.5 Å². The maximum Gasteiger partial charge on any atom is 0.383 e. The molecule has 0 fully saturated rings. The van der Waals surface area contributed by atoms with Crippen molar-refractivity contribution in [2.24, 2.45) is 0 Å². The molecule has 2 aromatic rings. The van der Waals surface area contributed by atoms with Gasteiger partial charge in [0.05, 0.1) is 11.7 Å². The Bertz CT molecular complexity index is 653. The Morgan fingerprint density at radius 3 is 2.22 bits per heavy atom. The first-order valence-corrected chi connectivity index (χ1v) is 7.43. The van der Waals surface area contributed by atoms with Crippen molar-refractivity contribution < 1.29 is 22.3 Å². The third kappa shape index (κ3) is 4.32. The van der Waals surface area contributed by atoms with Gasteiger partial charge in [0.25, 0.3) is 0 Å². The fourth-order valence-electron chi connectivity index (χ4n) is 2.28. The van der Waals surface area contributed by atoms with Crippen LogP contribution in [0.1, 0.15) is 43.1 Å². The van der Waals surface area contributed by atoms with E-state index in [9.17, 15) is 17.6 Å². The molecule has 23 heavy (non-hydrogen) atoms. The molecule has 124 valence electrons. The number of benzene rings is 2. The highest BCUT2D eigenvalue weighted by Crippen LogP contribution is 2.35. The largest absolute Gasteiger partial charge is 0.383 e.